The summed E-state index contributed by atoms with van der Waals surface area (Å²) in [6.07, 6.45) is 1.27. The number of allylic oxidation sites excluding steroid dienone is 1. The highest BCUT2D eigenvalue weighted by molar-refractivity contribution is 5.98. The predicted octanol–water partition coefficient (Wildman–Crippen LogP) is 2.22. The van der Waals surface area contributed by atoms with Crippen LogP contribution in [0.2, 0.25) is 0 Å². The Balaban J connectivity index is 2.48. The van der Waals surface area contributed by atoms with Crippen LogP contribution in [0.25, 0.3) is 0 Å². The zero-order chi connectivity index (χ0) is 9.42. The Bertz CT molecular complexity index is 388. The molecule has 66 valence electrons. The van der Waals surface area contributed by atoms with Crippen molar-refractivity contribution in [2.75, 3.05) is 0 Å². The van der Waals surface area contributed by atoms with E-state index in [2.05, 4.69) is 24.8 Å². The smallest absolute Gasteiger partial charge is 0.162 e. The van der Waals surface area contributed by atoms with Crippen LogP contribution in [0.5, 0.6) is 0 Å². The van der Waals surface area contributed by atoms with Crippen molar-refractivity contribution in [2.45, 2.75) is 19.8 Å². The lowest BCUT2D eigenvalue weighted by Gasteiger charge is -2.16. The second-order valence-electron chi connectivity index (χ2n) is 3.65. The van der Waals surface area contributed by atoms with Gasteiger partial charge in [0.25, 0.3) is 0 Å². The summed E-state index contributed by atoms with van der Waals surface area (Å²) in [5, 5.41) is 0. The number of benzene rings is 1. The molecule has 0 saturated heterocycles. The van der Waals surface area contributed by atoms with Gasteiger partial charge in [-0.05, 0) is 23.6 Å². The van der Waals surface area contributed by atoms with E-state index in [-0.39, 0.29) is 5.78 Å². The van der Waals surface area contributed by atoms with Crippen LogP contribution < -0.4 is 0 Å². The molecule has 1 nitrogen and oxygen atoms in total. The minimum Gasteiger partial charge on any atom is -0.294 e. The van der Waals surface area contributed by atoms with Crippen molar-refractivity contribution in [3.05, 3.63) is 47.0 Å². The molecule has 1 heteroatoms. The normalized spacial score (nSPS) is 15.8. The first-order valence-electron chi connectivity index (χ1n) is 4.46. The quantitative estimate of drug-likeness (QED) is 0.548. The Morgan fingerprint density at radius 3 is 2.77 bits per heavy atom. The first-order valence-corrected chi connectivity index (χ1v) is 4.46. The van der Waals surface area contributed by atoms with E-state index in [9.17, 15) is 4.79 Å². The first-order chi connectivity index (χ1) is 6.16. The molecule has 0 N–H and O–H groups in total. The highest BCUT2D eigenvalue weighted by Gasteiger charge is 2.18. The van der Waals surface area contributed by atoms with Crippen LogP contribution in [-0.2, 0) is 17.6 Å². The minimum atomic E-state index is 0.193. The molecule has 0 amide bonds. The van der Waals surface area contributed by atoms with Crippen LogP contribution >= 0.6 is 0 Å². The number of hydrogen-bond donors (Lipinski definition) is 0. The van der Waals surface area contributed by atoms with Crippen LogP contribution in [0.3, 0.4) is 0 Å². The van der Waals surface area contributed by atoms with E-state index in [0.29, 0.717) is 6.42 Å². The highest BCUT2D eigenvalue weighted by Crippen LogP contribution is 2.22. The number of ketones is 1. The Hall–Kier alpha value is -1.37. The van der Waals surface area contributed by atoms with Gasteiger partial charge in [-0.15, -0.1) is 0 Å². The molecule has 0 fully saturated rings. The van der Waals surface area contributed by atoms with Crippen LogP contribution in [0.4, 0.5) is 0 Å². The molecule has 0 atom stereocenters. The molecule has 0 aromatic heterocycles. The van der Waals surface area contributed by atoms with Gasteiger partial charge < -0.3 is 0 Å². The van der Waals surface area contributed by atoms with Gasteiger partial charge in [0, 0.05) is 12.8 Å². The molecule has 0 saturated carbocycles. The molecule has 0 heterocycles. The molecule has 0 aliphatic heterocycles. The van der Waals surface area contributed by atoms with Crippen molar-refractivity contribution in [3.63, 3.8) is 0 Å². The van der Waals surface area contributed by atoms with Crippen molar-refractivity contribution in [3.8, 4) is 0 Å². The molecular weight excluding hydrogens is 160 g/mol. The Morgan fingerprint density at radius 2 is 2.00 bits per heavy atom. The van der Waals surface area contributed by atoms with Crippen molar-refractivity contribution >= 4 is 5.78 Å². The summed E-state index contributed by atoms with van der Waals surface area (Å²) >= 11 is 0. The van der Waals surface area contributed by atoms with E-state index in [1.54, 1.807) is 0 Å². The first kappa shape index (κ1) is 8.24. The maximum absolute atomic E-state index is 11.4. The van der Waals surface area contributed by atoms with Gasteiger partial charge in [0.1, 0.15) is 0 Å². The van der Waals surface area contributed by atoms with Gasteiger partial charge in [-0.3, -0.25) is 4.79 Å². The van der Waals surface area contributed by atoms with Gasteiger partial charge >= 0.3 is 0 Å². The van der Waals surface area contributed by atoms with Crippen LogP contribution in [0.1, 0.15) is 16.7 Å². The largest absolute Gasteiger partial charge is 0.294 e. The molecule has 1 aromatic rings. The summed E-state index contributed by atoms with van der Waals surface area (Å²) in [5.41, 5.74) is 4.41. The fraction of sp³-hybridized carbons (Fsp3) is 0.250. The number of carbonyl (C=O) groups excluding carboxylic acids is 1. The summed E-state index contributed by atoms with van der Waals surface area (Å²) in [7, 11) is 0. The lowest BCUT2D eigenvalue weighted by molar-refractivity contribution is -0.115. The number of hydrogen-bond acceptors (Lipinski definition) is 1. The van der Waals surface area contributed by atoms with Crippen LogP contribution in [-0.4, -0.2) is 5.78 Å². The number of carbonyl (C=O) groups is 1. The van der Waals surface area contributed by atoms with Gasteiger partial charge in [0.15, 0.2) is 5.78 Å². The molecule has 1 aromatic carbocycles. The van der Waals surface area contributed by atoms with Crippen molar-refractivity contribution < 1.29 is 4.79 Å². The molecule has 1 aliphatic rings. The highest BCUT2D eigenvalue weighted by atomic mass is 16.1. The molecular formula is C12H12O. The van der Waals surface area contributed by atoms with Crippen molar-refractivity contribution in [2.24, 2.45) is 0 Å². The Labute approximate surface area is 78.1 Å². The van der Waals surface area contributed by atoms with E-state index in [1.807, 2.05) is 6.92 Å². The number of rotatable bonds is 0. The lowest BCUT2D eigenvalue weighted by atomic mass is 9.87. The maximum atomic E-state index is 11.4. The number of fused-ring (bicyclic) bond motifs is 1. The van der Waals surface area contributed by atoms with Gasteiger partial charge in [0.2, 0.25) is 0 Å². The summed E-state index contributed by atoms with van der Waals surface area (Å²) in [6.45, 7) is 5.82. The molecule has 0 bridgehead atoms. The second-order valence-corrected chi connectivity index (χ2v) is 3.65. The minimum absolute atomic E-state index is 0.193. The van der Waals surface area contributed by atoms with Gasteiger partial charge in [-0.1, -0.05) is 30.3 Å². The van der Waals surface area contributed by atoms with E-state index < -0.39 is 0 Å². The third-order valence-electron chi connectivity index (χ3n) is 2.51. The van der Waals surface area contributed by atoms with E-state index in [1.165, 1.54) is 16.7 Å². The Morgan fingerprint density at radius 1 is 1.23 bits per heavy atom. The standard InChI is InChI=1S/C12H12O/c1-8-3-4-10-6-9(2)12(13)7-11(10)5-8/h3-5H,2,6-7H2,1H3. The van der Waals surface area contributed by atoms with Gasteiger partial charge in [0.05, 0.1) is 0 Å². The fourth-order valence-corrected chi connectivity index (χ4v) is 1.72. The summed E-state index contributed by atoms with van der Waals surface area (Å²) in [6, 6.07) is 6.28. The molecule has 1 aliphatic carbocycles. The molecule has 13 heavy (non-hydrogen) atoms. The van der Waals surface area contributed by atoms with Gasteiger partial charge in [-0.2, -0.15) is 0 Å². The fourth-order valence-electron chi connectivity index (χ4n) is 1.72. The third kappa shape index (κ3) is 1.42. The number of aryl methyl sites for hydroxylation is 1. The predicted molar refractivity (Wildman–Crippen MR) is 52.7 cm³/mol. The molecule has 2 rings (SSSR count). The monoisotopic (exact) mass is 172 g/mol. The van der Waals surface area contributed by atoms with E-state index in [4.69, 9.17) is 0 Å². The lowest BCUT2D eigenvalue weighted by Crippen LogP contribution is -2.15. The SMILES string of the molecule is C=C1Cc2ccc(C)cc2CC1=O. The van der Waals surface area contributed by atoms with Gasteiger partial charge in [-0.25, -0.2) is 0 Å². The zero-order valence-electron chi connectivity index (χ0n) is 7.76. The summed E-state index contributed by atoms with van der Waals surface area (Å²) in [5.74, 6) is 0.193. The molecule has 0 radical (unpaired) electrons. The molecule has 0 spiro atoms. The molecule has 0 unspecified atom stereocenters. The van der Waals surface area contributed by atoms with E-state index in [0.717, 1.165) is 12.0 Å². The van der Waals surface area contributed by atoms with Crippen molar-refractivity contribution in [1.82, 2.24) is 0 Å². The number of Topliss-reactive ketones (excluding diaryl/α,β-unsaturated/α-hetero) is 1. The second kappa shape index (κ2) is 2.84. The maximum Gasteiger partial charge on any atom is 0.162 e. The Kier molecular flexibility index (Phi) is 1.80. The summed E-state index contributed by atoms with van der Waals surface area (Å²) < 4.78 is 0. The summed E-state index contributed by atoms with van der Waals surface area (Å²) in [4.78, 5) is 11.4. The zero-order valence-corrected chi connectivity index (χ0v) is 7.76. The van der Waals surface area contributed by atoms with Crippen LogP contribution in [0.15, 0.2) is 30.4 Å². The average Bonchev–Trinajstić information content (AvgIpc) is 2.08. The topological polar surface area (TPSA) is 17.1 Å². The third-order valence-corrected chi connectivity index (χ3v) is 2.51. The average molecular weight is 172 g/mol. The van der Waals surface area contributed by atoms with Crippen molar-refractivity contribution in [1.29, 1.82) is 0 Å². The van der Waals surface area contributed by atoms with Crippen LogP contribution in [0, 0.1) is 6.92 Å². The van der Waals surface area contributed by atoms with E-state index >= 15 is 0 Å².